The van der Waals surface area contributed by atoms with Gasteiger partial charge in [0.05, 0.1) is 10.9 Å². The van der Waals surface area contributed by atoms with Gasteiger partial charge >= 0.3 is 0 Å². The summed E-state index contributed by atoms with van der Waals surface area (Å²) >= 11 is 1.69. The second-order valence-electron chi connectivity index (χ2n) is 7.33. The molecule has 1 aliphatic heterocycles. The minimum atomic E-state index is -0.0124. The number of benzene rings is 1. The van der Waals surface area contributed by atoms with Crippen molar-refractivity contribution in [3.63, 3.8) is 0 Å². The summed E-state index contributed by atoms with van der Waals surface area (Å²) in [6.45, 7) is 0.785. The van der Waals surface area contributed by atoms with Gasteiger partial charge in [0.1, 0.15) is 5.82 Å². The van der Waals surface area contributed by atoms with Crippen LogP contribution in [-0.4, -0.2) is 32.5 Å². The van der Waals surface area contributed by atoms with E-state index in [2.05, 4.69) is 16.3 Å². The molecule has 5 rings (SSSR count). The summed E-state index contributed by atoms with van der Waals surface area (Å²) < 4.78 is 0. The van der Waals surface area contributed by atoms with Crippen LogP contribution in [0.2, 0.25) is 0 Å². The zero-order chi connectivity index (χ0) is 18.2. The van der Waals surface area contributed by atoms with Crippen molar-refractivity contribution >= 4 is 17.2 Å². The Balaban J connectivity index is 1.40. The molecule has 1 fully saturated rings. The largest absolute Gasteiger partial charge is 0.328 e. The number of aromatic nitrogens is 3. The Morgan fingerprint density at radius 3 is 2.85 bits per heavy atom. The van der Waals surface area contributed by atoms with E-state index in [1.54, 1.807) is 11.3 Å². The SMILES string of the molecule is O=C(c1cc2c(s1)CCCC2)N1CCCC1c1nc(-c2ccccc2)n[nH]1. The summed E-state index contributed by atoms with van der Waals surface area (Å²) in [7, 11) is 0. The maximum absolute atomic E-state index is 13.2. The number of hydrogen-bond acceptors (Lipinski definition) is 4. The lowest BCUT2D eigenvalue weighted by molar-refractivity contribution is 0.0735. The number of hydrogen-bond donors (Lipinski definition) is 1. The fourth-order valence-electron chi connectivity index (χ4n) is 4.17. The van der Waals surface area contributed by atoms with Gasteiger partial charge in [-0.05, 0) is 50.2 Å². The third-order valence-electron chi connectivity index (χ3n) is 5.57. The zero-order valence-corrected chi connectivity index (χ0v) is 16.0. The Bertz CT molecular complexity index is 938. The number of rotatable bonds is 3. The second-order valence-corrected chi connectivity index (χ2v) is 8.47. The molecule has 1 amide bonds. The zero-order valence-electron chi connectivity index (χ0n) is 15.1. The van der Waals surface area contributed by atoms with E-state index in [0.717, 1.165) is 48.5 Å². The fraction of sp³-hybridized carbons (Fsp3) is 0.381. The molecule has 1 N–H and O–H groups in total. The van der Waals surface area contributed by atoms with E-state index >= 15 is 0 Å². The molecule has 1 aromatic carbocycles. The van der Waals surface area contributed by atoms with Crippen molar-refractivity contribution in [3.8, 4) is 11.4 Å². The Labute approximate surface area is 162 Å². The summed E-state index contributed by atoms with van der Waals surface area (Å²) in [4.78, 5) is 22.2. The van der Waals surface area contributed by atoms with Gasteiger partial charge in [-0.3, -0.25) is 9.89 Å². The lowest BCUT2D eigenvalue weighted by Gasteiger charge is -2.22. The van der Waals surface area contributed by atoms with Crippen LogP contribution in [0.5, 0.6) is 0 Å². The molecular weight excluding hydrogens is 356 g/mol. The molecule has 1 atom stereocenters. The molecule has 1 saturated heterocycles. The van der Waals surface area contributed by atoms with Crippen LogP contribution in [0.3, 0.4) is 0 Å². The average molecular weight is 379 g/mol. The highest BCUT2D eigenvalue weighted by molar-refractivity contribution is 7.14. The maximum Gasteiger partial charge on any atom is 0.264 e. The number of nitrogens with zero attached hydrogens (tertiary/aromatic N) is 3. The van der Waals surface area contributed by atoms with E-state index in [-0.39, 0.29) is 11.9 Å². The molecule has 0 bridgehead atoms. The molecule has 2 aliphatic rings. The van der Waals surface area contributed by atoms with E-state index in [1.807, 2.05) is 35.2 Å². The van der Waals surface area contributed by atoms with Crippen LogP contribution in [0.4, 0.5) is 0 Å². The van der Waals surface area contributed by atoms with Crippen LogP contribution in [0, 0.1) is 0 Å². The quantitative estimate of drug-likeness (QED) is 0.735. The van der Waals surface area contributed by atoms with Crippen LogP contribution < -0.4 is 0 Å². The molecule has 1 aliphatic carbocycles. The van der Waals surface area contributed by atoms with Gasteiger partial charge in [0, 0.05) is 17.0 Å². The number of aromatic amines is 1. The number of carbonyl (C=O) groups is 1. The standard InChI is InChI=1S/C21H22N4OS/c26-21(18-13-15-9-4-5-11-17(15)27-18)25-12-6-10-16(25)20-22-19(23-24-20)14-7-2-1-3-8-14/h1-3,7-8,13,16H,4-6,9-12H2,(H,22,23,24). The predicted octanol–water partition coefficient (Wildman–Crippen LogP) is 4.39. The molecule has 3 heterocycles. The van der Waals surface area contributed by atoms with Crippen molar-refractivity contribution in [1.82, 2.24) is 20.1 Å². The first-order valence-electron chi connectivity index (χ1n) is 9.70. The smallest absolute Gasteiger partial charge is 0.264 e. The van der Waals surface area contributed by atoms with E-state index in [0.29, 0.717) is 5.82 Å². The summed E-state index contributed by atoms with van der Waals surface area (Å²) in [6.07, 6.45) is 6.66. The maximum atomic E-state index is 13.2. The number of carbonyl (C=O) groups excluding carboxylic acids is 1. The number of H-pyrrole nitrogens is 1. The Morgan fingerprint density at radius 2 is 2.00 bits per heavy atom. The van der Waals surface area contributed by atoms with Crippen LogP contribution in [0.15, 0.2) is 36.4 Å². The number of aryl methyl sites for hydroxylation is 2. The first-order chi connectivity index (χ1) is 13.3. The van der Waals surface area contributed by atoms with Crippen LogP contribution >= 0.6 is 11.3 Å². The van der Waals surface area contributed by atoms with Crippen molar-refractivity contribution in [2.75, 3.05) is 6.54 Å². The van der Waals surface area contributed by atoms with Gasteiger partial charge in [0.25, 0.3) is 5.91 Å². The van der Waals surface area contributed by atoms with Crippen molar-refractivity contribution in [1.29, 1.82) is 0 Å². The number of fused-ring (bicyclic) bond motifs is 1. The highest BCUT2D eigenvalue weighted by Crippen LogP contribution is 2.35. The van der Waals surface area contributed by atoms with Gasteiger partial charge in [0.15, 0.2) is 5.82 Å². The summed E-state index contributed by atoms with van der Waals surface area (Å²) in [5, 5.41) is 7.46. The molecule has 6 heteroatoms. The van der Waals surface area contributed by atoms with Gasteiger partial charge in [-0.1, -0.05) is 30.3 Å². The Hall–Kier alpha value is -2.47. The van der Waals surface area contributed by atoms with Crippen molar-refractivity contribution in [2.45, 2.75) is 44.6 Å². The number of thiophene rings is 1. The third-order valence-corrected chi connectivity index (χ3v) is 6.80. The van der Waals surface area contributed by atoms with E-state index in [4.69, 9.17) is 4.98 Å². The Morgan fingerprint density at radius 1 is 1.15 bits per heavy atom. The predicted molar refractivity (Wildman–Crippen MR) is 106 cm³/mol. The molecule has 138 valence electrons. The highest BCUT2D eigenvalue weighted by atomic mass is 32.1. The molecule has 27 heavy (non-hydrogen) atoms. The molecule has 2 aromatic heterocycles. The highest BCUT2D eigenvalue weighted by Gasteiger charge is 2.34. The lowest BCUT2D eigenvalue weighted by atomic mass is 9.99. The van der Waals surface area contributed by atoms with Gasteiger partial charge in [-0.15, -0.1) is 11.3 Å². The van der Waals surface area contributed by atoms with Gasteiger partial charge in [-0.2, -0.15) is 5.10 Å². The van der Waals surface area contributed by atoms with Crippen molar-refractivity contribution in [2.24, 2.45) is 0 Å². The summed E-state index contributed by atoms with van der Waals surface area (Å²) in [5.41, 5.74) is 2.37. The van der Waals surface area contributed by atoms with Crippen LogP contribution in [0.1, 0.15) is 57.7 Å². The molecule has 5 nitrogen and oxygen atoms in total. The molecule has 1 unspecified atom stereocenters. The van der Waals surface area contributed by atoms with Gasteiger partial charge < -0.3 is 4.90 Å². The second kappa shape index (κ2) is 6.93. The lowest BCUT2D eigenvalue weighted by Crippen LogP contribution is -2.30. The van der Waals surface area contributed by atoms with E-state index < -0.39 is 0 Å². The van der Waals surface area contributed by atoms with Crippen LogP contribution in [0.25, 0.3) is 11.4 Å². The topological polar surface area (TPSA) is 61.9 Å². The monoisotopic (exact) mass is 378 g/mol. The molecule has 3 aromatic rings. The van der Waals surface area contributed by atoms with Crippen molar-refractivity contribution < 1.29 is 4.79 Å². The Kier molecular flexibility index (Phi) is 4.28. The van der Waals surface area contributed by atoms with Gasteiger partial charge in [-0.25, -0.2) is 4.98 Å². The first kappa shape index (κ1) is 16.7. The third kappa shape index (κ3) is 3.08. The molecule has 0 saturated carbocycles. The molecule has 0 spiro atoms. The van der Waals surface area contributed by atoms with Crippen LogP contribution in [-0.2, 0) is 12.8 Å². The average Bonchev–Trinajstić information content (AvgIpc) is 3.46. The number of amides is 1. The van der Waals surface area contributed by atoms with E-state index in [1.165, 1.54) is 23.3 Å². The number of likely N-dealkylation sites (tertiary alicyclic amines) is 1. The normalized spacial score (nSPS) is 19.3. The summed E-state index contributed by atoms with van der Waals surface area (Å²) in [5.74, 6) is 1.63. The summed E-state index contributed by atoms with van der Waals surface area (Å²) in [6, 6.07) is 12.1. The minimum absolute atomic E-state index is 0.0124. The first-order valence-corrected chi connectivity index (χ1v) is 10.5. The van der Waals surface area contributed by atoms with E-state index in [9.17, 15) is 4.79 Å². The van der Waals surface area contributed by atoms with Crippen molar-refractivity contribution in [3.05, 3.63) is 57.5 Å². The number of nitrogens with one attached hydrogen (secondary N) is 1. The minimum Gasteiger partial charge on any atom is -0.328 e. The molecule has 0 radical (unpaired) electrons. The van der Waals surface area contributed by atoms with Gasteiger partial charge in [0.2, 0.25) is 0 Å². The molecular formula is C21H22N4OS. The fourth-order valence-corrected chi connectivity index (χ4v) is 5.38.